The van der Waals surface area contributed by atoms with Crippen molar-refractivity contribution in [1.29, 1.82) is 0 Å². The van der Waals surface area contributed by atoms with Crippen molar-refractivity contribution >= 4 is 6.09 Å². The maximum Gasteiger partial charge on any atom is 0.407 e. The van der Waals surface area contributed by atoms with E-state index in [2.05, 4.69) is 31.4 Å². The van der Waals surface area contributed by atoms with Crippen LogP contribution in [-0.2, 0) is 11.3 Å². The zero-order valence-electron chi connectivity index (χ0n) is 12.0. The Hall–Kier alpha value is -1.55. The van der Waals surface area contributed by atoms with Gasteiger partial charge < -0.3 is 15.4 Å². The maximum atomic E-state index is 11.4. The first kappa shape index (κ1) is 15.5. The number of hydrogen-bond donors (Lipinski definition) is 2. The van der Waals surface area contributed by atoms with Gasteiger partial charge in [-0.2, -0.15) is 0 Å². The van der Waals surface area contributed by atoms with Crippen LogP contribution in [0.1, 0.15) is 32.8 Å². The number of ether oxygens (including phenoxy) is 1. The van der Waals surface area contributed by atoms with E-state index in [0.29, 0.717) is 13.2 Å². The van der Waals surface area contributed by atoms with Crippen LogP contribution in [0.3, 0.4) is 0 Å². The molecule has 0 aliphatic rings. The molecule has 0 aliphatic heterocycles. The van der Waals surface area contributed by atoms with E-state index in [-0.39, 0.29) is 11.6 Å². The fourth-order valence-corrected chi connectivity index (χ4v) is 1.52. The highest BCUT2D eigenvalue weighted by Crippen LogP contribution is 2.00. The van der Waals surface area contributed by atoms with Gasteiger partial charge in [0.1, 0.15) is 6.61 Å². The molecule has 19 heavy (non-hydrogen) atoms. The molecule has 0 radical (unpaired) electrons. The molecule has 4 nitrogen and oxygen atoms in total. The Labute approximate surface area is 115 Å². The molecule has 0 saturated heterocycles. The lowest BCUT2D eigenvalue weighted by atomic mass is 10.1. The third-order valence-corrected chi connectivity index (χ3v) is 2.49. The lowest BCUT2D eigenvalue weighted by molar-refractivity contribution is 0.139. The molecule has 0 heterocycles. The largest absolute Gasteiger partial charge is 0.445 e. The Morgan fingerprint density at radius 1 is 1.16 bits per heavy atom. The van der Waals surface area contributed by atoms with E-state index in [9.17, 15) is 4.79 Å². The highest BCUT2D eigenvalue weighted by Gasteiger charge is 2.07. The first-order valence-corrected chi connectivity index (χ1v) is 6.67. The van der Waals surface area contributed by atoms with Crippen LogP contribution < -0.4 is 10.6 Å². The lowest BCUT2D eigenvalue weighted by Gasteiger charge is -2.20. The quantitative estimate of drug-likeness (QED) is 0.777. The van der Waals surface area contributed by atoms with E-state index in [1.807, 2.05) is 30.3 Å². The summed E-state index contributed by atoms with van der Waals surface area (Å²) < 4.78 is 5.11. The van der Waals surface area contributed by atoms with Gasteiger partial charge in [-0.05, 0) is 39.3 Å². The van der Waals surface area contributed by atoms with Crippen molar-refractivity contribution in [2.75, 3.05) is 13.1 Å². The fraction of sp³-hybridized carbons (Fsp3) is 0.533. The van der Waals surface area contributed by atoms with Crippen LogP contribution in [0.2, 0.25) is 0 Å². The summed E-state index contributed by atoms with van der Waals surface area (Å²) in [5.41, 5.74) is 1.11. The fourth-order valence-electron chi connectivity index (χ4n) is 1.52. The van der Waals surface area contributed by atoms with Gasteiger partial charge >= 0.3 is 6.09 Å². The minimum absolute atomic E-state index is 0.119. The summed E-state index contributed by atoms with van der Waals surface area (Å²) in [6.45, 7) is 8.17. The Morgan fingerprint density at radius 3 is 2.47 bits per heavy atom. The minimum atomic E-state index is -0.361. The van der Waals surface area contributed by atoms with Crippen LogP contribution >= 0.6 is 0 Å². The predicted molar refractivity (Wildman–Crippen MR) is 77.0 cm³/mol. The summed E-state index contributed by atoms with van der Waals surface area (Å²) >= 11 is 0. The number of benzene rings is 1. The van der Waals surface area contributed by atoms with Crippen LogP contribution in [0.5, 0.6) is 0 Å². The second kappa shape index (κ2) is 7.79. The summed E-state index contributed by atoms with van der Waals surface area (Å²) in [5.74, 6) is 0. The second-order valence-electron chi connectivity index (χ2n) is 5.52. The van der Waals surface area contributed by atoms with Crippen molar-refractivity contribution in [3.63, 3.8) is 0 Å². The smallest absolute Gasteiger partial charge is 0.407 e. The number of rotatable bonds is 6. The highest BCUT2D eigenvalue weighted by molar-refractivity contribution is 5.67. The van der Waals surface area contributed by atoms with Gasteiger partial charge in [-0.25, -0.2) is 4.79 Å². The van der Waals surface area contributed by atoms with Gasteiger partial charge in [0.15, 0.2) is 0 Å². The zero-order chi connectivity index (χ0) is 14.1. The highest BCUT2D eigenvalue weighted by atomic mass is 16.5. The molecule has 0 spiro atoms. The number of carbonyl (C=O) groups excluding carboxylic acids is 1. The number of hydrogen-bond acceptors (Lipinski definition) is 3. The summed E-state index contributed by atoms with van der Waals surface area (Å²) in [5, 5.41) is 6.10. The van der Waals surface area contributed by atoms with E-state index in [1.54, 1.807) is 0 Å². The van der Waals surface area contributed by atoms with Crippen molar-refractivity contribution in [3.8, 4) is 0 Å². The number of amides is 1. The lowest BCUT2D eigenvalue weighted by Crippen LogP contribution is -2.37. The van der Waals surface area contributed by atoms with Gasteiger partial charge in [-0.15, -0.1) is 0 Å². The Kier molecular flexibility index (Phi) is 6.36. The Bertz CT molecular complexity index is 371. The number of alkyl carbamates (subject to hydrolysis) is 1. The van der Waals surface area contributed by atoms with Gasteiger partial charge in [0, 0.05) is 12.1 Å². The topological polar surface area (TPSA) is 50.4 Å². The van der Waals surface area contributed by atoms with Crippen LogP contribution in [0.25, 0.3) is 0 Å². The SMILES string of the molecule is CC(C)(C)NCCCNC(=O)OCc1ccccc1. The van der Waals surface area contributed by atoms with Crippen molar-refractivity contribution in [3.05, 3.63) is 35.9 Å². The number of nitrogens with one attached hydrogen (secondary N) is 2. The predicted octanol–water partition coefficient (Wildman–Crippen LogP) is 2.69. The van der Waals surface area contributed by atoms with Gasteiger partial charge in [0.05, 0.1) is 0 Å². The molecule has 0 bridgehead atoms. The van der Waals surface area contributed by atoms with Crippen molar-refractivity contribution in [2.24, 2.45) is 0 Å². The van der Waals surface area contributed by atoms with Crippen LogP contribution in [-0.4, -0.2) is 24.7 Å². The average Bonchev–Trinajstić information content (AvgIpc) is 2.36. The first-order chi connectivity index (χ1) is 8.97. The molecule has 0 aromatic heterocycles. The van der Waals surface area contributed by atoms with Gasteiger partial charge in [-0.3, -0.25) is 0 Å². The third kappa shape index (κ3) is 8.21. The third-order valence-electron chi connectivity index (χ3n) is 2.49. The molecule has 0 atom stereocenters. The van der Waals surface area contributed by atoms with Crippen molar-refractivity contribution in [1.82, 2.24) is 10.6 Å². The Morgan fingerprint density at radius 2 is 1.84 bits per heavy atom. The van der Waals surface area contributed by atoms with Crippen molar-refractivity contribution in [2.45, 2.75) is 39.3 Å². The molecule has 106 valence electrons. The normalized spacial score (nSPS) is 11.1. The zero-order valence-corrected chi connectivity index (χ0v) is 12.0. The molecular formula is C15H24N2O2. The standard InChI is InChI=1S/C15H24N2O2/c1-15(2,3)17-11-7-10-16-14(18)19-12-13-8-5-4-6-9-13/h4-6,8-9,17H,7,10-12H2,1-3H3,(H,16,18). The molecule has 0 unspecified atom stereocenters. The van der Waals surface area contributed by atoms with Crippen LogP contribution in [0, 0.1) is 0 Å². The van der Waals surface area contributed by atoms with Gasteiger partial charge in [0.25, 0.3) is 0 Å². The molecule has 2 N–H and O–H groups in total. The summed E-state index contributed by atoms with van der Waals surface area (Å²) in [6, 6.07) is 9.65. The molecular weight excluding hydrogens is 240 g/mol. The second-order valence-corrected chi connectivity index (χ2v) is 5.52. The Balaban J connectivity index is 2.06. The van der Waals surface area contributed by atoms with Gasteiger partial charge in [0.2, 0.25) is 0 Å². The molecule has 1 amide bonds. The van der Waals surface area contributed by atoms with E-state index < -0.39 is 0 Å². The molecule has 0 aliphatic carbocycles. The molecule has 1 aromatic rings. The first-order valence-electron chi connectivity index (χ1n) is 6.67. The molecule has 0 saturated carbocycles. The summed E-state index contributed by atoms with van der Waals surface area (Å²) in [4.78, 5) is 11.4. The van der Waals surface area contributed by atoms with Gasteiger partial charge in [-0.1, -0.05) is 30.3 Å². The molecule has 1 rings (SSSR count). The average molecular weight is 264 g/mol. The monoisotopic (exact) mass is 264 g/mol. The van der Waals surface area contributed by atoms with Crippen molar-refractivity contribution < 1.29 is 9.53 Å². The van der Waals surface area contributed by atoms with E-state index >= 15 is 0 Å². The summed E-state index contributed by atoms with van der Waals surface area (Å²) in [6.07, 6.45) is 0.525. The van der Waals surface area contributed by atoms with E-state index in [0.717, 1.165) is 18.5 Å². The summed E-state index contributed by atoms with van der Waals surface area (Å²) in [7, 11) is 0. The minimum Gasteiger partial charge on any atom is -0.445 e. The van der Waals surface area contributed by atoms with Crippen LogP contribution in [0.15, 0.2) is 30.3 Å². The molecule has 4 heteroatoms. The van der Waals surface area contributed by atoms with E-state index in [1.165, 1.54) is 0 Å². The molecule has 1 aromatic carbocycles. The molecule has 0 fully saturated rings. The van der Waals surface area contributed by atoms with E-state index in [4.69, 9.17) is 4.74 Å². The maximum absolute atomic E-state index is 11.4. The van der Waals surface area contributed by atoms with Crippen LogP contribution in [0.4, 0.5) is 4.79 Å². The number of carbonyl (C=O) groups is 1.